The van der Waals surface area contributed by atoms with Crippen LogP contribution in [-0.2, 0) is 36.0 Å². The molecule has 0 atom stereocenters. The Morgan fingerprint density at radius 2 is 0.545 bits per heavy atom. The fourth-order valence-corrected chi connectivity index (χ4v) is 0. The van der Waals surface area contributed by atoms with Crippen LogP contribution < -0.4 is 0 Å². The van der Waals surface area contributed by atoms with Crippen LogP contribution in [0.4, 0.5) is 0 Å². The van der Waals surface area contributed by atoms with Gasteiger partial charge in [-0.3, -0.25) is 0 Å². The molecular formula is C6H4CrO4. The summed E-state index contributed by atoms with van der Waals surface area (Å²) in [4.78, 5) is 0. The van der Waals surface area contributed by atoms with Gasteiger partial charge in [0.05, 0.1) is 0 Å². The molecule has 11 heavy (non-hydrogen) atoms. The average Bonchev–Trinajstić information content (AvgIpc) is 2.20. The molecule has 0 unspecified atom stereocenters. The molecule has 0 aliphatic rings. The maximum atomic E-state index is 7.50. The van der Waals surface area contributed by atoms with E-state index in [4.69, 9.17) is 18.6 Å². The molecular weight excluding hydrogens is 188 g/mol. The van der Waals surface area contributed by atoms with Gasteiger partial charge in [0.1, 0.15) is 0 Å². The van der Waals surface area contributed by atoms with E-state index in [1.807, 2.05) is 0 Å². The van der Waals surface area contributed by atoms with Crippen molar-refractivity contribution in [1.29, 1.82) is 0 Å². The van der Waals surface area contributed by atoms with Crippen LogP contribution in [0.2, 0.25) is 0 Å². The van der Waals surface area contributed by atoms with Crippen molar-refractivity contribution < 1.29 is 36.0 Å². The molecule has 0 saturated heterocycles. The molecule has 0 bridgehead atoms. The van der Waals surface area contributed by atoms with E-state index in [1.54, 1.807) is 0 Å². The Kier molecular flexibility index (Phi) is 4700. The molecule has 58 valence electrons. The molecule has 0 saturated carbocycles. The predicted octanol–water partition coefficient (Wildman–Crippen LogP) is 0.650. The Bertz CT molecular complexity index is 67.7. The van der Waals surface area contributed by atoms with Crippen LogP contribution in [0.5, 0.6) is 0 Å². The van der Waals surface area contributed by atoms with E-state index in [0.717, 1.165) is 0 Å². The maximum absolute atomic E-state index is 7.50. The van der Waals surface area contributed by atoms with Crippen LogP contribution in [0.3, 0.4) is 0 Å². The van der Waals surface area contributed by atoms with E-state index >= 15 is 0 Å². The van der Waals surface area contributed by atoms with E-state index in [1.165, 1.54) is 0 Å². The first kappa shape index (κ1) is 48.7. The van der Waals surface area contributed by atoms with Gasteiger partial charge in [-0.05, 0) is 0 Å². The largest absolute Gasteiger partial charge is 0 e. The first-order chi connectivity index (χ1) is 5.00. The van der Waals surface area contributed by atoms with Gasteiger partial charge in [0.2, 0.25) is 0 Å². The third kappa shape index (κ3) is 820. The summed E-state index contributed by atoms with van der Waals surface area (Å²) in [5, 5.41) is 0. The van der Waals surface area contributed by atoms with E-state index in [-0.39, 0.29) is 17.4 Å². The molecule has 0 aliphatic carbocycles. The van der Waals surface area contributed by atoms with Gasteiger partial charge in [-0.15, -0.1) is 13.2 Å². The summed E-state index contributed by atoms with van der Waals surface area (Å²) in [6, 6.07) is 0. The summed E-state index contributed by atoms with van der Waals surface area (Å²) in [5.41, 5.74) is 0. The zero-order valence-electron chi connectivity index (χ0n) is 5.46. The van der Waals surface area contributed by atoms with Crippen LogP contribution in [0, 0.1) is 26.6 Å². The molecule has 0 aromatic carbocycles. The molecule has 0 radical (unpaired) electrons. The Labute approximate surface area is 76.3 Å². The fourth-order valence-electron chi connectivity index (χ4n) is 0. The van der Waals surface area contributed by atoms with Gasteiger partial charge in [0, 0.05) is 17.4 Å². The molecule has 5 heteroatoms. The first-order valence-corrected chi connectivity index (χ1v) is 1.32. The molecule has 0 fully saturated rings. The number of hydrogen-bond acceptors (Lipinski definition) is 0. The van der Waals surface area contributed by atoms with Crippen molar-refractivity contribution >= 4 is 0 Å². The van der Waals surface area contributed by atoms with Gasteiger partial charge < -0.3 is 0 Å². The zero-order valence-corrected chi connectivity index (χ0v) is 6.73. The molecule has 0 amide bonds. The molecule has 0 aliphatic heterocycles. The molecule has 0 aromatic heterocycles. The van der Waals surface area contributed by atoms with Crippen molar-refractivity contribution in [1.82, 2.24) is 0 Å². The summed E-state index contributed by atoms with van der Waals surface area (Å²) >= 11 is 0. The first-order valence-electron chi connectivity index (χ1n) is 1.32. The Hall–Kier alpha value is -0.768. The van der Waals surface area contributed by atoms with E-state index in [0.29, 0.717) is 0 Å². The molecule has 0 rings (SSSR count). The summed E-state index contributed by atoms with van der Waals surface area (Å²) in [5.74, 6) is 0. The zero-order chi connectivity index (χ0) is 10.0. The number of rotatable bonds is 0. The Balaban J connectivity index is -0.00000000694. The third-order valence-corrected chi connectivity index (χ3v) is 0. The van der Waals surface area contributed by atoms with Gasteiger partial charge >= 0.3 is 45.2 Å². The quantitative estimate of drug-likeness (QED) is 0.307. The molecule has 0 spiro atoms. The monoisotopic (exact) mass is 192 g/mol. The smallest absolute Gasteiger partial charge is 0 e. The van der Waals surface area contributed by atoms with Gasteiger partial charge in [0.15, 0.2) is 0 Å². The summed E-state index contributed by atoms with van der Waals surface area (Å²) in [7, 11) is 0. The second kappa shape index (κ2) is 1060. The Morgan fingerprint density at radius 1 is 0.545 bits per heavy atom. The van der Waals surface area contributed by atoms with Gasteiger partial charge in [-0.2, -0.15) is 0 Å². The summed E-state index contributed by atoms with van der Waals surface area (Å²) in [6.07, 6.45) is 0. The Morgan fingerprint density at radius 3 is 0.545 bits per heavy atom. The topological polar surface area (TPSA) is 79.6 Å². The minimum Gasteiger partial charge on any atom is 0 e. The van der Waals surface area contributed by atoms with Crippen LogP contribution in [0.15, 0.2) is 13.2 Å². The van der Waals surface area contributed by atoms with Crippen molar-refractivity contribution in [2.24, 2.45) is 0 Å². The van der Waals surface area contributed by atoms with Gasteiger partial charge in [-0.25, -0.2) is 0 Å². The van der Waals surface area contributed by atoms with Gasteiger partial charge in [0.25, 0.3) is 0 Å². The normalized spacial score (nSPS) is 1.09. The van der Waals surface area contributed by atoms with Crippen molar-refractivity contribution in [3.63, 3.8) is 0 Å². The average molecular weight is 192 g/mol. The van der Waals surface area contributed by atoms with Gasteiger partial charge in [-0.1, -0.05) is 0 Å². The van der Waals surface area contributed by atoms with E-state index in [2.05, 4.69) is 39.8 Å². The standard InChI is InChI=1S/C2H4.4CO.Cr/c5*1-2;/h1-2H2;;;;;. The third-order valence-electron chi connectivity index (χ3n) is 0. The minimum atomic E-state index is 0. The maximum Gasteiger partial charge on any atom is 0 e. The molecule has 0 heterocycles. The summed E-state index contributed by atoms with van der Waals surface area (Å²) in [6.45, 7) is 24.0. The van der Waals surface area contributed by atoms with Crippen LogP contribution in [0.1, 0.15) is 0 Å². The van der Waals surface area contributed by atoms with Crippen LogP contribution in [0.25, 0.3) is 0 Å². The predicted molar refractivity (Wildman–Crippen MR) is 27.0 cm³/mol. The molecule has 0 aromatic rings. The van der Waals surface area contributed by atoms with Crippen LogP contribution >= 0.6 is 0 Å². The van der Waals surface area contributed by atoms with E-state index in [9.17, 15) is 0 Å². The molecule has 4 nitrogen and oxygen atoms in total. The van der Waals surface area contributed by atoms with E-state index < -0.39 is 0 Å². The summed E-state index contributed by atoms with van der Waals surface area (Å²) < 4.78 is 30.0. The molecule has 0 N–H and O–H groups in total. The van der Waals surface area contributed by atoms with Crippen molar-refractivity contribution in [3.05, 3.63) is 39.8 Å². The van der Waals surface area contributed by atoms with Crippen molar-refractivity contribution in [2.75, 3.05) is 0 Å². The SMILES string of the molecule is C=C.[C-]#[O+].[C-]#[O+].[C-]#[O+].[C-]#[O+].[Cr]. The second-order valence-corrected chi connectivity index (χ2v) is 0. The van der Waals surface area contributed by atoms with Crippen LogP contribution in [-0.4, -0.2) is 0 Å². The second-order valence-electron chi connectivity index (χ2n) is 0. The number of hydrogen-bond donors (Lipinski definition) is 0. The van der Waals surface area contributed by atoms with Crippen molar-refractivity contribution in [3.8, 4) is 0 Å². The fraction of sp³-hybridized carbons (Fsp3) is 0. The van der Waals surface area contributed by atoms with Crippen molar-refractivity contribution in [2.45, 2.75) is 0 Å². The minimum absolute atomic E-state index is 0.